The molecular formula is C15H24ClN3O2. The largest absolute Gasteiger partial charge is 0.454 e. The molecule has 0 bridgehead atoms. The van der Waals surface area contributed by atoms with Gasteiger partial charge in [-0.25, -0.2) is 0 Å². The molecule has 0 aliphatic carbocycles. The summed E-state index contributed by atoms with van der Waals surface area (Å²) in [6, 6.07) is 6.22. The number of nitrogens with two attached hydrogens (primary N) is 1. The van der Waals surface area contributed by atoms with Crippen LogP contribution in [-0.2, 0) is 0 Å². The molecule has 2 heterocycles. The number of fused-ring (bicyclic) bond motifs is 1. The van der Waals surface area contributed by atoms with Crippen molar-refractivity contribution in [1.29, 1.82) is 0 Å². The van der Waals surface area contributed by atoms with Crippen molar-refractivity contribution in [2.24, 2.45) is 5.73 Å². The van der Waals surface area contributed by atoms with Crippen LogP contribution in [0.1, 0.15) is 12.8 Å². The fraction of sp³-hybridized carbons (Fsp3) is 0.600. The van der Waals surface area contributed by atoms with Crippen LogP contribution in [0.25, 0.3) is 0 Å². The Bertz CT molecular complexity index is 451. The minimum atomic E-state index is 0. The van der Waals surface area contributed by atoms with E-state index < -0.39 is 0 Å². The maximum Gasteiger partial charge on any atom is 0.231 e. The first-order valence-corrected chi connectivity index (χ1v) is 7.44. The lowest BCUT2D eigenvalue weighted by Crippen LogP contribution is -2.46. The normalized spacial score (nSPS) is 17.7. The molecule has 0 spiro atoms. The average molecular weight is 314 g/mol. The first-order chi connectivity index (χ1) is 9.86. The van der Waals surface area contributed by atoms with Gasteiger partial charge in [0, 0.05) is 37.9 Å². The minimum Gasteiger partial charge on any atom is -0.454 e. The number of anilines is 1. The minimum absolute atomic E-state index is 0. The second-order valence-electron chi connectivity index (χ2n) is 5.36. The number of rotatable bonds is 5. The lowest BCUT2D eigenvalue weighted by molar-refractivity contribution is 0.174. The number of halogens is 1. The Labute approximate surface area is 132 Å². The second kappa shape index (κ2) is 7.73. The summed E-state index contributed by atoms with van der Waals surface area (Å²) in [7, 11) is 0. The molecular weight excluding hydrogens is 290 g/mol. The smallest absolute Gasteiger partial charge is 0.231 e. The van der Waals surface area contributed by atoms with E-state index in [4.69, 9.17) is 15.2 Å². The van der Waals surface area contributed by atoms with Crippen LogP contribution in [-0.4, -0.2) is 51.0 Å². The molecule has 2 N–H and O–H groups in total. The van der Waals surface area contributed by atoms with Gasteiger partial charge in [-0.3, -0.25) is 4.90 Å². The molecule has 2 aliphatic heterocycles. The van der Waals surface area contributed by atoms with Gasteiger partial charge >= 0.3 is 0 Å². The third-order valence-corrected chi connectivity index (χ3v) is 4.02. The summed E-state index contributed by atoms with van der Waals surface area (Å²) < 4.78 is 10.8. The maximum atomic E-state index is 5.54. The molecule has 0 saturated carbocycles. The van der Waals surface area contributed by atoms with Crippen LogP contribution in [0.4, 0.5) is 5.69 Å². The monoisotopic (exact) mass is 313 g/mol. The first kappa shape index (κ1) is 16.2. The van der Waals surface area contributed by atoms with E-state index in [1.807, 2.05) is 6.07 Å². The van der Waals surface area contributed by atoms with E-state index in [2.05, 4.69) is 21.9 Å². The zero-order valence-electron chi connectivity index (χ0n) is 12.3. The summed E-state index contributed by atoms with van der Waals surface area (Å²) in [6.07, 6.45) is 2.34. The Kier molecular flexibility index (Phi) is 5.96. The quantitative estimate of drug-likeness (QED) is 0.839. The SMILES string of the molecule is Cl.NCCCCN1CCN(c2ccc3c(c2)OCO3)CC1. The molecule has 0 unspecified atom stereocenters. The van der Waals surface area contributed by atoms with E-state index in [-0.39, 0.29) is 12.4 Å². The summed E-state index contributed by atoms with van der Waals surface area (Å²) in [6.45, 7) is 6.71. The van der Waals surface area contributed by atoms with Gasteiger partial charge in [0.1, 0.15) is 0 Å². The van der Waals surface area contributed by atoms with Gasteiger partial charge in [-0.1, -0.05) is 0 Å². The fourth-order valence-electron chi connectivity index (χ4n) is 2.79. The Morgan fingerprint density at radius 2 is 1.76 bits per heavy atom. The van der Waals surface area contributed by atoms with Crippen LogP contribution < -0.4 is 20.1 Å². The van der Waals surface area contributed by atoms with Crippen molar-refractivity contribution < 1.29 is 9.47 Å². The lowest BCUT2D eigenvalue weighted by atomic mass is 10.2. The Hall–Kier alpha value is -1.17. The lowest BCUT2D eigenvalue weighted by Gasteiger charge is -2.36. The second-order valence-corrected chi connectivity index (χ2v) is 5.36. The van der Waals surface area contributed by atoms with Crippen LogP contribution in [0.5, 0.6) is 11.5 Å². The number of ether oxygens (including phenoxy) is 2. The molecule has 1 aromatic carbocycles. The van der Waals surface area contributed by atoms with Crippen molar-refractivity contribution in [1.82, 2.24) is 4.90 Å². The van der Waals surface area contributed by atoms with Gasteiger partial charge in [0.2, 0.25) is 6.79 Å². The first-order valence-electron chi connectivity index (χ1n) is 7.44. The zero-order chi connectivity index (χ0) is 13.8. The van der Waals surface area contributed by atoms with Crippen molar-refractivity contribution in [2.75, 3.05) is 51.0 Å². The molecule has 1 saturated heterocycles. The fourth-order valence-corrected chi connectivity index (χ4v) is 2.79. The van der Waals surface area contributed by atoms with Gasteiger partial charge < -0.3 is 20.1 Å². The molecule has 5 nitrogen and oxygen atoms in total. The zero-order valence-corrected chi connectivity index (χ0v) is 13.1. The topological polar surface area (TPSA) is 51.0 Å². The molecule has 0 atom stereocenters. The summed E-state index contributed by atoms with van der Waals surface area (Å²) in [5, 5.41) is 0. The number of hydrogen-bond donors (Lipinski definition) is 1. The van der Waals surface area contributed by atoms with Crippen LogP contribution in [0.2, 0.25) is 0 Å². The highest BCUT2D eigenvalue weighted by molar-refractivity contribution is 5.85. The molecule has 6 heteroatoms. The van der Waals surface area contributed by atoms with Crippen LogP contribution in [0.3, 0.4) is 0 Å². The van der Waals surface area contributed by atoms with Crippen molar-refractivity contribution >= 4 is 18.1 Å². The number of nitrogens with zero attached hydrogens (tertiary/aromatic N) is 2. The number of hydrogen-bond acceptors (Lipinski definition) is 5. The van der Waals surface area contributed by atoms with Gasteiger partial charge in [0.25, 0.3) is 0 Å². The Morgan fingerprint density at radius 3 is 2.52 bits per heavy atom. The highest BCUT2D eigenvalue weighted by atomic mass is 35.5. The van der Waals surface area contributed by atoms with E-state index in [1.165, 1.54) is 18.7 Å². The average Bonchev–Trinajstić information content (AvgIpc) is 2.96. The summed E-state index contributed by atoms with van der Waals surface area (Å²) >= 11 is 0. The maximum absolute atomic E-state index is 5.54. The van der Waals surface area contributed by atoms with E-state index in [0.717, 1.165) is 50.6 Å². The van der Waals surface area contributed by atoms with Gasteiger partial charge in [-0.15, -0.1) is 12.4 Å². The van der Waals surface area contributed by atoms with Crippen molar-refractivity contribution in [2.45, 2.75) is 12.8 Å². The van der Waals surface area contributed by atoms with E-state index >= 15 is 0 Å². The molecule has 118 valence electrons. The predicted molar refractivity (Wildman–Crippen MR) is 86.8 cm³/mol. The van der Waals surface area contributed by atoms with Crippen LogP contribution in [0, 0.1) is 0 Å². The Morgan fingerprint density at radius 1 is 1.00 bits per heavy atom. The van der Waals surface area contributed by atoms with Gasteiger partial charge in [-0.05, 0) is 38.1 Å². The molecule has 0 radical (unpaired) electrons. The van der Waals surface area contributed by atoms with Crippen molar-refractivity contribution in [3.05, 3.63) is 18.2 Å². The highest BCUT2D eigenvalue weighted by Gasteiger charge is 2.19. The third kappa shape index (κ3) is 3.93. The number of benzene rings is 1. The van der Waals surface area contributed by atoms with Crippen molar-refractivity contribution in [3.63, 3.8) is 0 Å². The number of piperazine rings is 1. The van der Waals surface area contributed by atoms with Gasteiger partial charge in [-0.2, -0.15) is 0 Å². The third-order valence-electron chi connectivity index (χ3n) is 4.02. The van der Waals surface area contributed by atoms with Gasteiger partial charge in [0.15, 0.2) is 11.5 Å². The molecule has 3 rings (SSSR count). The Balaban J connectivity index is 0.00000161. The standard InChI is InChI=1S/C15H23N3O2.ClH/c16-5-1-2-6-17-7-9-18(10-8-17)13-3-4-14-15(11-13)20-12-19-14;/h3-4,11H,1-2,5-10,12,16H2;1H. The number of unbranched alkanes of at least 4 members (excludes halogenated alkanes) is 1. The molecule has 0 aromatic heterocycles. The van der Waals surface area contributed by atoms with Crippen LogP contribution in [0.15, 0.2) is 18.2 Å². The van der Waals surface area contributed by atoms with Crippen LogP contribution >= 0.6 is 12.4 Å². The molecule has 21 heavy (non-hydrogen) atoms. The highest BCUT2D eigenvalue weighted by Crippen LogP contribution is 2.35. The van der Waals surface area contributed by atoms with Crippen molar-refractivity contribution in [3.8, 4) is 11.5 Å². The molecule has 2 aliphatic rings. The van der Waals surface area contributed by atoms with E-state index in [1.54, 1.807) is 0 Å². The van der Waals surface area contributed by atoms with E-state index in [9.17, 15) is 0 Å². The van der Waals surface area contributed by atoms with E-state index in [0.29, 0.717) is 6.79 Å². The molecule has 0 amide bonds. The summed E-state index contributed by atoms with van der Waals surface area (Å²) in [5.74, 6) is 1.72. The molecule has 1 aromatic rings. The summed E-state index contributed by atoms with van der Waals surface area (Å²) in [5.41, 5.74) is 6.77. The predicted octanol–water partition coefficient (Wildman–Crippen LogP) is 1.70. The summed E-state index contributed by atoms with van der Waals surface area (Å²) in [4.78, 5) is 4.94. The van der Waals surface area contributed by atoms with Gasteiger partial charge in [0.05, 0.1) is 0 Å². The molecule has 1 fully saturated rings.